The maximum absolute atomic E-state index is 12.4. The summed E-state index contributed by atoms with van der Waals surface area (Å²) in [6, 6.07) is 0. The molecule has 0 spiro atoms. The zero-order chi connectivity index (χ0) is 19.2. The highest BCUT2D eigenvalue weighted by Gasteiger charge is 2.76. The average molecular weight is 358 g/mol. The van der Waals surface area contributed by atoms with Crippen molar-refractivity contribution in [1.82, 2.24) is 0 Å². The van der Waals surface area contributed by atoms with E-state index < -0.39 is 64.8 Å². The first-order valence-corrected chi connectivity index (χ1v) is 7.18. The van der Waals surface area contributed by atoms with Gasteiger partial charge in [-0.2, -0.15) is 0 Å². The Bertz CT molecular complexity index is 682. The van der Waals surface area contributed by atoms with Crippen LogP contribution in [0.5, 0.6) is 0 Å². The topological polar surface area (TPSA) is 157 Å². The van der Waals surface area contributed by atoms with E-state index in [-0.39, 0.29) is 0 Å². The van der Waals surface area contributed by atoms with Crippen LogP contribution < -0.4 is 0 Å². The minimum Gasteiger partial charge on any atom is -0.500 e. The number of ketones is 2. The molecule has 10 heteroatoms. The third-order valence-electron chi connectivity index (χ3n) is 4.79. The molecule has 1 fully saturated rings. The maximum Gasteiger partial charge on any atom is 0.346 e. The van der Waals surface area contributed by atoms with Gasteiger partial charge in [0.25, 0.3) is 0 Å². The van der Waals surface area contributed by atoms with E-state index in [0.29, 0.717) is 0 Å². The van der Waals surface area contributed by atoms with Crippen molar-refractivity contribution in [2.45, 2.75) is 29.6 Å². The van der Waals surface area contributed by atoms with Crippen molar-refractivity contribution >= 4 is 23.5 Å². The summed E-state index contributed by atoms with van der Waals surface area (Å²) in [6.45, 7) is 0. The van der Waals surface area contributed by atoms with E-state index in [1.165, 1.54) is 0 Å². The third-order valence-corrected chi connectivity index (χ3v) is 4.79. The van der Waals surface area contributed by atoms with Crippen molar-refractivity contribution in [2.75, 3.05) is 21.3 Å². The second-order valence-corrected chi connectivity index (χ2v) is 5.94. The quantitative estimate of drug-likeness (QED) is 0.366. The molecule has 0 aromatic heterocycles. The van der Waals surface area contributed by atoms with Gasteiger partial charge in [0.2, 0.25) is 5.60 Å². The van der Waals surface area contributed by atoms with Crippen LogP contribution in [0.4, 0.5) is 0 Å². The molecule has 2 bridgehead atoms. The van der Waals surface area contributed by atoms with Gasteiger partial charge in [-0.25, -0.2) is 4.79 Å². The van der Waals surface area contributed by atoms with Crippen LogP contribution >= 0.6 is 0 Å². The van der Waals surface area contributed by atoms with Gasteiger partial charge in [-0.3, -0.25) is 14.4 Å². The summed E-state index contributed by atoms with van der Waals surface area (Å²) in [5.41, 5.74) is -8.45. The Labute approximate surface area is 142 Å². The SMILES string of the molecule is COC(=O)C[C@@]1(O)[C@@H]2C(OC)=CC(=O)[C@@]1(O)CC(=O)[C@]2(O)C(=O)OC. The molecule has 10 nitrogen and oxygen atoms in total. The molecule has 0 unspecified atom stereocenters. The largest absolute Gasteiger partial charge is 0.500 e. The summed E-state index contributed by atoms with van der Waals surface area (Å²) in [6.07, 6.45) is -1.32. The van der Waals surface area contributed by atoms with Crippen molar-refractivity contribution in [3.05, 3.63) is 11.8 Å². The molecule has 0 aliphatic heterocycles. The fourth-order valence-electron chi connectivity index (χ4n) is 3.44. The molecular weight excluding hydrogens is 340 g/mol. The molecule has 0 heterocycles. The second kappa shape index (κ2) is 5.90. The summed E-state index contributed by atoms with van der Waals surface area (Å²) in [4.78, 5) is 48.6. The molecular formula is C15H18O10. The molecule has 0 aromatic carbocycles. The molecule has 3 N–H and O–H groups in total. The van der Waals surface area contributed by atoms with Gasteiger partial charge < -0.3 is 29.5 Å². The van der Waals surface area contributed by atoms with Gasteiger partial charge in [0.15, 0.2) is 17.2 Å². The lowest BCUT2D eigenvalue weighted by Gasteiger charge is -2.55. The Morgan fingerprint density at radius 2 is 1.76 bits per heavy atom. The van der Waals surface area contributed by atoms with Crippen LogP contribution in [-0.2, 0) is 33.4 Å². The van der Waals surface area contributed by atoms with Crippen molar-refractivity contribution in [2.24, 2.45) is 5.92 Å². The number of carbonyl (C=O) groups is 4. The van der Waals surface area contributed by atoms with Gasteiger partial charge in [-0.15, -0.1) is 0 Å². The smallest absolute Gasteiger partial charge is 0.346 e. The van der Waals surface area contributed by atoms with Crippen molar-refractivity contribution in [3.63, 3.8) is 0 Å². The first-order valence-electron chi connectivity index (χ1n) is 7.18. The van der Waals surface area contributed by atoms with E-state index >= 15 is 0 Å². The van der Waals surface area contributed by atoms with Gasteiger partial charge in [0.1, 0.15) is 11.4 Å². The van der Waals surface area contributed by atoms with Crippen molar-refractivity contribution in [3.8, 4) is 0 Å². The lowest BCUT2D eigenvalue weighted by Crippen LogP contribution is -2.78. The van der Waals surface area contributed by atoms with Crippen LogP contribution in [0.1, 0.15) is 12.8 Å². The van der Waals surface area contributed by atoms with Gasteiger partial charge in [0, 0.05) is 12.5 Å². The molecule has 25 heavy (non-hydrogen) atoms. The predicted octanol–water partition coefficient (Wildman–Crippen LogP) is -2.38. The Morgan fingerprint density at radius 1 is 1.16 bits per heavy atom. The zero-order valence-corrected chi connectivity index (χ0v) is 13.8. The summed E-state index contributed by atoms with van der Waals surface area (Å²) in [5.74, 6) is -7.24. The number of rotatable bonds is 4. The fraction of sp³-hybridized carbons (Fsp3) is 0.600. The number of carbonyl (C=O) groups excluding carboxylic acids is 4. The Kier molecular flexibility index (Phi) is 4.49. The number of aliphatic hydroxyl groups is 3. The molecule has 1 saturated carbocycles. The van der Waals surface area contributed by atoms with Gasteiger partial charge in [-0.1, -0.05) is 0 Å². The third kappa shape index (κ3) is 2.29. The van der Waals surface area contributed by atoms with Crippen LogP contribution in [-0.4, -0.2) is 77.0 Å². The first kappa shape index (κ1) is 19.0. The molecule has 0 saturated heterocycles. The highest BCUT2D eigenvalue weighted by molar-refractivity contribution is 6.14. The summed E-state index contributed by atoms with van der Waals surface area (Å²) < 4.78 is 13.8. The molecule has 0 radical (unpaired) electrons. The van der Waals surface area contributed by atoms with E-state index in [2.05, 4.69) is 9.47 Å². The predicted molar refractivity (Wildman–Crippen MR) is 76.7 cm³/mol. The monoisotopic (exact) mass is 358 g/mol. The van der Waals surface area contributed by atoms with Crippen molar-refractivity contribution < 1.29 is 48.7 Å². The second-order valence-electron chi connectivity index (χ2n) is 5.94. The van der Waals surface area contributed by atoms with Crippen molar-refractivity contribution in [1.29, 1.82) is 0 Å². The summed E-state index contributed by atoms with van der Waals surface area (Å²) in [5, 5.41) is 32.5. The van der Waals surface area contributed by atoms with Crippen LogP contribution in [0.25, 0.3) is 0 Å². The number of Topliss-reactive ketones (excluding diaryl/α,β-unsaturated/α-hetero) is 1. The fourth-order valence-corrected chi connectivity index (χ4v) is 3.44. The summed E-state index contributed by atoms with van der Waals surface area (Å²) >= 11 is 0. The highest BCUT2D eigenvalue weighted by atomic mass is 16.5. The van der Waals surface area contributed by atoms with Gasteiger partial charge in [-0.05, 0) is 0 Å². The molecule has 138 valence electrons. The van der Waals surface area contributed by atoms with E-state index in [1.54, 1.807) is 0 Å². The van der Waals surface area contributed by atoms with Crippen LogP contribution in [0, 0.1) is 5.92 Å². The Balaban J connectivity index is 2.79. The Morgan fingerprint density at radius 3 is 2.24 bits per heavy atom. The minimum atomic E-state index is -2.97. The van der Waals surface area contributed by atoms with E-state index in [0.717, 1.165) is 27.4 Å². The lowest BCUT2D eigenvalue weighted by molar-refractivity contribution is -0.244. The van der Waals surface area contributed by atoms with Crippen LogP contribution in [0.3, 0.4) is 0 Å². The number of hydrogen-bond donors (Lipinski definition) is 3. The Hall–Kier alpha value is -2.30. The molecule has 2 aliphatic rings. The average Bonchev–Trinajstić information content (AvgIpc) is 2.56. The lowest BCUT2D eigenvalue weighted by atomic mass is 9.53. The molecule has 2 rings (SSSR count). The minimum absolute atomic E-state index is 0.456. The number of hydrogen-bond acceptors (Lipinski definition) is 10. The number of ether oxygens (including phenoxy) is 3. The summed E-state index contributed by atoms with van der Waals surface area (Å²) in [7, 11) is 2.97. The standard InChI is InChI=1S/C15H18O10/c1-23-7-4-8(16)13(20)5-9(17)15(22,12(19)25-3)11(7)14(13,21)6-10(18)24-2/h4,11,20-22H,5-6H2,1-3H3/t11-,13-,14+,15+/m0/s1. The zero-order valence-electron chi connectivity index (χ0n) is 13.8. The first-order chi connectivity index (χ1) is 11.5. The van der Waals surface area contributed by atoms with Gasteiger partial charge >= 0.3 is 11.9 Å². The number of methoxy groups -OCH3 is 3. The normalized spacial score (nSPS) is 37.2. The van der Waals surface area contributed by atoms with Gasteiger partial charge in [0.05, 0.1) is 33.7 Å². The molecule has 4 atom stereocenters. The molecule has 0 aromatic rings. The molecule has 2 aliphatic carbocycles. The van der Waals surface area contributed by atoms with E-state index in [9.17, 15) is 34.5 Å². The van der Waals surface area contributed by atoms with E-state index in [4.69, 9.17) is 4.74 Å². The number of esters is 2. The van der Waals surface area contributed by atoms with Crippen LogP contribution in [0.2, 0.25) is 0 Å². The highest BCUT2D eigenvalue weighted by Crippen LogP contribution is 2.53. The maximum atomic E-state index is 12.4. The molecule has 0 amide bonds. The number of fused-ring (bicyclic) bond motifs is 2. The van der Waals surface area contributed by atoms with Crippen LogP contribution in [0.15, 0.2) is 11.8 Å². The van der Waals surface area contributed by atoms with E-state index in [1.807, 2.05) is 0 Å².